The van der Waals surface area contributed by atoms with Crippen molar-refractivity contribution < 1.29 is 19.4 Å². The molecule has 36 heavy (non-hydrogen) atoms. The molecule has 3 rings (SSSR count). The second-order valence-corrected chi connectivity index (χ2v) is 9.74. The van der Waals surface area contributed by atoms with Gasteiger partial charge in [0.2, 0.25) is 0 Å². The summed E-state index contributed by atoms with van der Waals surface area (Å²) in [4.78, 5) is 31.6. The molecule has 0 fully saturated rings. The highest BCUT2D eigenvalue weighted by atomic mass is 35.5. The van der Waals surface area contributed by atoms with Crippen LogP contribution in [0.4, 0.5) is 5.69 Å². The van der Waals surface area contributed by atoms with Gasteiger partial charge in [-0.15, -0.1) is 0 Å². The Labute approximate surface area is 220 Å². The number of aliphatic carboxylic acids is 1. The number of rotatable bonds is 13. The number of halogens is 2. The lowest BCUT2D eigenvalue weighted by Crippen LogP contribution is -2.28. The number of ether oxygens (including phenoxy) is 1. The zero-order chi connectivity index (χ0) is 26.1. The summed E-state index contributed by atoms with van der Waals surface area (Å²) in [5, 5.41) is 13.2. The first-order valence-electron chi connectivity index (χ1n) is 11.7. The van der Waals surface area contributed by atoms with Gasteiger partial charge in [0.15, 0.2) is 17.4 Å². The van der Waals surface area contributed by atoms with Crippen LogP contribution in [0.25, 0.3) is 11.4 Å². The molecule has 0 unspecified atom stereocenters. The molecule has 2 N–H and O–H groups in total. The van der Waals surface area contributed by atoms with Gasteiger partial charge in [-0.2, -0.15) is 0 Å². The van der Waals surface area contributed by atoms with Crippen LogP contribution in [0.15, 0.2) is 54.9 Å². The van der Waals surface area contributed by atoms with Gasteiger partial charge in [0.25, 0.3) is 0 Å². The molecular formula is C27H29Cl2N3O4. The summed E-state index contributed by atoms with van der Waals surface area (Å²) in [5.41, 5.74) is 2.13. The molecule has 3 aromatic rings. The summed E-state index contributed by atoms with van der Waals surface area (Å²) in [6.45, 7) is 4.68. The Morgan fingerprint density at radius 3 is 2.33 bits per heavy atom. The number of carboxylic acids is 1. The molecule has 1 atom stereocenters. The number of Topliss-reactive ketones (excluding diaryl/α,β-unsaturated/α-hetero) is 1. The van der Waals surface area contributed by atoms with Gasteiger partial charge in [0, 0.05) is 34.7 Å². The van der Waals surface area contributed by atoms with E-state index in [-0.39, 0.29) is 24.7 Å². The van der Waals surface area contributed by atoms with Crippen LogP contribution >= 0.6 is 23.2 Å². The molecule has 190 valence electrons. The van der Waals surface area contributed by atoms with E-state index < -0.39 is 5.97 Å². The third kappa shape index (κ3) is 8.50. The van der Waals surface area contributed by atoms with Crippen molar-refractivity contribution in [2.45, 2.75) is 45.6 Å². The van der Waals surface area contributed by atoms with Gasteiger partial charge >= 0.3 is 5.97 Å². The van der Waals surface area contributed by atoms with Crippen LogP contribution in [0.5, 0.6) is 5.75 Å². The van der Waals surface area contributed by atoms with E-state index in [4.69, 9.17) is 33.0 Å². The van der Waals surface area contributed by atoms with Crippen molar-refractivity contribution in [2.24, 2.45) is 5.92 Å². The zero-order valence-electron chi connectivity index (χ0n) is 20.2. The monoisotopic (exact) mass is 529 g/mol. The summed E-state index contributed by atoms with van der Waals surface area (Å²) >= 11 is 12.2. The Kier molecular flexibility index (Phi) is 10.1. The fourth-order valence-corrected chi connectivity index (χ4v) is 4.16. The molecule has 0 amide bonds. The van der Waals surface area contributed by atoms with Crippen LogP contribution in [0.1, 0.15) is 49.9 Å². The number of ketones is 1. The van der Waals surface area contributed by atoms with E-state index in [9.17, 15) is 9.59 Å². The highest BCUT2D eigenvalue weighted by Gasteiger charge is 2.14. The molecule has 1 aromatic heterocycles. The molecule has 9 heteroatoms. The lowest BCUT2D eigenvalue weighted by atomic mass is 10.0. The van der Waals surface area contributed by atoms with Crippen molar-refractivity contribution in [3.05, 3.63) is 70.5 Å². The second kappa shape index (κ2) is 13.2. The van der Waals surface area contributed by atoms with E-state index in [0.717, 1.165) is 12.1 Å². The van der Waals surface area contributed by atoms with Gasteiger partial charge in [-0.25, -0.2) is 9.97 Å². The van der Waals surface area contributed by atoms with Gasteiger partial charge in [0.1, 0.15) is 6.61 Å². The third-order valence-electron chi connectivity index (χ3n) is 5.38. The Hall–Kier alpha value is -3.16. The van der Waals surface area contributed by atoms with E-state index in [1.165, 1.54) is 0 Å². The van der Waals surface area contributed by atoms with Crippen molar-refractivity contribution in [1.29, 1.82) is 0 Å². The largest absolute Gasteiger partial charge is 0.488 e. The van der Waals surface area contributed by atoms with Crippen molar-refractivity contribution in [3.8, 4) is 17.1 Å². The summed E-state index contributed by atoms with van der Waals surface area (Å²) in [6, 6.07) is 12.4. The maximum atomic E-state index is 12.3. The predicted molar refractivity (Wildman–Crippen MR) is 142 cm³/mol. The highest BCUT2D eigenvalue weighted by Crippen LogP contribution is 2.28. The van der Waals surface area contributed by atoms with Crippen LogP contribution in [-0.2, 0) is 4.79 Å². The Morgan fingerprint density at radius 1 is 1.03 bits per heavy atom. The number of carbonyl (C=O) groups excluding carboxylic acids is 1. The topological polar surface area (TPSA) is 101 Å². The average Bonchev–Trinajstić information content (AvgIpc) is 2.83. The number of aromatic nitrogens is 2. The Balaban J connectivity index is 1.58. The van der Waals surface area contributed by atoms with Crippen LogP contribution in [-0.4, -0.2) is 39.5 Å². The standard InChI is InChI=1S/C27H29Cl2N3O4/c1-17(2)12-21(32-20-9-6-18(7-10-20)25(33)4-3-5-26(34)35)16-36-22-14-30-27(31-15-22)23-11-8-19(28)13-24(23)29/h6-11,13-15,17,21,32H,3-5,12,16H2,1-2H3,(H,34,35)/t21-/m0/s1. The van der Waals surface area contributed by atoms with Crippen molar-refractivity contribution in [1.82, 2.24) is 9.97 Å². The maximum absolute atomic E-state index is 12.3. The summed E-state index contributed by atoms with van der Waals surface area (Å²) in [6.07, 6.45) is 4.64. The minimum Gasteiger partial charge on any atom is -0.488 e. The minimum atomic E-state index is -0.894. The first kappa shape index (κ1) is 27.4. The molecule has 0 bridgehead atoms. The normalized spacial score (nSPS) is 11.8. The number of anilines is 1. The fraction of sp³-hybridized carbons (Fsp3) is 0.333. The predicted octanol–water partition coefficient (Wildman–Crippen LogP) is 6.79. The number of hydrogen-bond acceptors (Lipinski definition) is 6. The van der Waals surface area contributed by atoms with Gasteiger partial charge in [-0.1, -0.05) is 37.0 Å². The summed E-state index contributed by atoms with van der Waals surface area (Å²) in [7, 11) is 0. The SMILES string of the molecule is CC(C)C[C@@H](COc1cnc(-c2ccc(Cl)cc2Cl)nc1)Nc1ccc(C(=O)CCCC(=O)O)cc1. The fourth-order valence-electron chi connectivity index (χ4n) is 3.67. The molecule has 7 nitrogen and oxygen atoms in total. The number of carboxylic acid groups (broad SMARTS) is 1. The van der Waals surface area contributed by atoms with Gasteiger partial charge < -0.3 is 15.2 Å². The lowest BCUT2D eigenvalue weighted by molar-refractivity contribution is -0.137. The Morgan fingerprint density at radius 2 is 1.72 bits per heavy atom. The van der Waals surface area contributed by atoms with E-state index in [2.05, 4.69) is 29.1 Å². The van der Waals surface area contributed by atoms with Crippen LogP contribution < -0.4 is 10.1 Å². The molecule has 2 aromatic carbocycles. The van der Waals surface area contributed by atoms with E-state index in [1.807, 2.05) is 12.1 Å². The summed E-state index contributed by atoms with van der Waals surface area (Å²) in [5.74, 6) is 0.509. The number of hydrogen-bond donors (Lipinski definition) is 2. The highest BCUT2D eigenvalue weighted by molar-refractivity contribution is 6.36. The first-order chi connectivity index (χ1) is 17.2. The second-order valence-electron chi connectivity index (χ2n) is 8.90. The van der Waals surface area contributed by atoms with Crippen LogP contribution in [0, 0.1) is 5.92 Å². The van der Waals surface area contributed by atoms with Crippen molar-refractivity contribution >= 4 is 40.6 Å². The van der Waals surface area contributed by atoms with Crippen LogP contribution in [0.2, 0.25) is 10.0 Å². The minimum absolute atomic E-state index is 0.00903. The molecule has 0 aliphatic heterocycles. The molecule has 0 aliphatic carbocycles. The van der Waals surface area contributed by atoms with Gasteiger partial charge in [-0.3, -0.25) is 9.59 Å². The smallest absolute Gasteiger partial charge is 0.303 e. The molecule has 0 spiro atoms. The number of nitrogens with one attached hydrogen (secondary N) is 1. The van der Waals surface area contributed by atoms with Crippen molar-refractivity contribution in [3.63, 3.8) is 0 Å². The quantitative estimate of drug-likeness (QED) is 0.235. The number of nitrogens with zero attached hydrogens (tertiary/aromatic N) is 2. The molecule has 1 heterocycles. The average molecular weight is 530 g/mol. The molecular weight excluding hydrogens is 501 g/mol. The maximum Gasteiger partial charge on any atom is 0.303 e. The lowest BCUT2D eigenvalue weighted by Gasteiger charge is -2.22. The summed E-state index contributed by atoms with van der Waals surface area (Å²) < 4.78 is 5.96. The van der Waals surface area contributed by atoms with Gasteiger partial charge in [-0.05, 0) is 61.2 Å². The molecule has 0 aliphatic rings. The molecule has 0 saturated carbocycles. The van der Waals surface area contributed by atoms with Crippen molar-refractivity contribution in [2.75, 3.05) is 11.9 Å². The first-order valence-corrected chi connectivity index (χ1v) is 12.5. The van der Waals surface area contributed by atoms with E-state index in [0.29, 0.717) is 51.7 Å². The number of carbonyl (C=O) groups is 2. The molecule has 0 radical (unpaired) electrons. The number of benzene rings is 2. The van der Waals surface area contributed by atoms with Gasteiger partial charge in [0.05, 0.1) is 23.5 Å². The van der Waals surface area contributed by atoms with E-state index >= 15 is 0 Å². The zero-order valence-corrected chi connectivity index (χ0v) is 21.7. The Bertz CT molecular complexity index is 1170. The van der Waals surface area contributed by atoms with E-state index in [1.54, 1.807) is 42.7 Å². The third-order valence-corrected chi connectivity index (χ3v) is 5.93. The van der Waals surface area contributed by atoms with Crippen LogP contribution in [0.3, 0.4) is 0 Å². The molecule has 0 saturated heterocycles.